The summed E-state index contributed by atoms with van der Waals surface area (Å²) >= 11 is 12.9. The van der Waals surface area contributed by atoms with Crippen molar-refractivity contribution in [2.24, 2.45) is 11.8 Å². The minimum absolute atomic E-state index is 0.0534. The van der Waals surface area contributed by atoms with Crippen LogP contribution >= 0.6 is 23.2 Å². The predicted molar refractivity (Wildman–Crippen MR) is 124 cm³/mol. The maximum atomic E-state index is 12.7. The average molecular weight is 463 g/mol. The second-order valence-electron chi connectivity index (χ2n) is 8.34. The summed E-state index contributed by atoms with van der Waals surface area (Å²) in [7, 11) is 0. The summed E-state index contributed by atoms with van der Waals surface area (Å²) in [6.07, 6.45) is 7.71. The topological polar surface area (TPSA) is 76.1 Å². The molecule has 2 aromatic heterocycles. The average Bonchev–Trinajstić information content (AvgIpc) is 2.81. The zero-order chi connectivity index (χ0) is 21.6. The maximum Gasteiger partial charge on any atom is 0.143 e. The minimum atomic E-state index is 0.0534. The summed E-state index contributed by atoms with van der Waals surface area (Å²) < 4.78 is 5.43. The summed E-state index contributed by atoms with van der Waals surface area (Å²) in [6.45, 7) is 4.24. The van der Waals surface area contributed by atoms with Crippen LogP contribution in [0.4, 0.5) is 5.69 Å². The van der Waals surface area contributed by atoms with Gasteiger partial charge in [0.25, 0.3) is 0 Å². The number of halogens is 2. The van der Waals surface area contributed by atoms with Crippen LogP contribution in [0.5, 0.6) is 0 Å². The van der Waals surface area contributed by atoms with Crippen LogP contribution in [0.1, 0.15) is 31.4 Å². The Bertz CT molecular complexity index is 912. The van der Waals surface area contributed by atoms with Crippen LogP contribution in [0.25, 0.3) is 11.1 Å². The predicted octanol–water partition coefficient (Wildman–Crippen LogP) is 4.40. The molecule has 0 aromatic carbocycles. The molecular weight excluding hydrogens is 435 g/mol. The second-order valence-corrected chi connectivity index (χ2v) is 9.11. The highest BCUT2D eigenvalue weighted by molar-refractivity contribution is 6.35. The number of hydrogen-bond acceptors (Lipinski definition) is 6. The number of Topliss-reactive ketones (excluding diaryl/α,β-unsaturated/α-hetero) is 1. The van der Waals surface area contributed by atoms with Gasteiger partial charge >= 0.3 is 0 Å². The first-order valence-corrected chi connectivity index (χ1v) is 11.7. The number of nitrogens with one attached hydrogen (secondary N) is 2. The van der Waals surface area contributed by atoms with Gasteiger partial charge in [-0.2, -0.15) is 0 Å². The van der Waals surface area contributed by atoms with Gasteiger partial charge in [-0.3, -0.25) is 9.78 Å². The lowest BCUT2D eigenvalue weighted by Gasteiger charge is -2.22. The lowest BCUT2D eigenvalue weighted by atomic mass is 9.92. The third-order valence-electron chi connectivity index (χ3n) is 6.08. The number of rotatable bonds is 7. The van der Waals surface area contributed by atoms with Crippen molar-refractivity contribution in [3.05, 3.63) is 40.4 Å². The van der Waals surface area contributed by atoms with Crippen LogP contribution in [0.15, 0.2) is 24.5 Å². The molecule has 0 unspecified atom stereocenters. The first-order valence-electron chi connectivity index (χ1n) is 11.0. The SMILES string of the molecule is O=C(Cc1cc(-c2cc(NCC3CCOCC3)cnc2Cl)c(Cl)cn1)[C@@H]1CCCNC1. The van der Waals surface area contributed by atoms with Crippen molar-refractivity contribution < 1.29 is 9.53 Å². The van der Waals surface area contributed by atoms with Gasteiger partial charge in [0.1, 0.15) is 10.9 Å². The molecule has 1 atom stereocenters. The molecule has 4 heterocycles. The Morgan fingerprint density at radius 2 is 1.97 bits per heavy atom. The van der Waals surface area contributed by atoms with Crippen LogP contribution in [-0.4, -0.2) is 48.6 Å². The van der Waals surface area contributed by atoms with Crippen LogP contribution in [0, 0.1) is 11.8 Å². The van der Waals surface area contributed by atoms with Gasteiger partial charge in [0.05, 0.1) is 16.9 Å². The van der Waals surface area contributed by atoms with Crippen molar-refractivity contribution in [3.8, 4) is 11.1 Å². The molecule has 0 aliphatic carbocycles. The molecular formula is C23H28Cl2N4O2. The van der Waals surface area contributed by atoms with Crippen LogP contribution in [0.2, 0.25) is 10.2 Å². The third-order valence-corrected chi connectivity index (χ3v) is 6.69. The molecule has 166 valence electrons. The number of anilines is 1. The zero-order valence-electron chi connectivity index (χ0n) is 17.5. The normalized spacial score (nSPS) is 19.9. The fourth-order valence-electron chi connectivity index (χ4n) is 4.18. The van der Waals surface area contributed by atoms with E-state index in [0.717, 1.165) is 75.3 Å². The molecule has 2 saturated heterocycles. The van der Waals surface area contributed by atoms with E-state index in [2.05, 4.69) is 20.6 Å². The van der Waals surface area contributed by atoms with E-state index in [-0.39, 0.29) is 11.7 Å². The molecule has 6 nitrogen and oxygen atoms in total. The van der Waals surface area contributed by atoms with Crippen molar-refractivity contribution in [3.63, 3.8) is 0 Å². The van der Waals surface area contributed by atoms with Gasteiger partial charge in [-0.15, -0.1) is 0 Å². The van der Waals surface area contributed by atoms with Crippen molar-refractivity contribution in [1.29, 1.82) is 0 Å². The van der Waals surface area contributed by atoms with Gasteiger partial charge in [0.15, 0.2) is 0 Å². The Hall–Kier alpha value is -1.73. The lowest BCUT2D eigenvalue weighted by molar-refractivity contribution is -0.122. The fraction of sp³-hybridized carbons (Fsp3) is 0.522. The molecule has 2 aliphatic rings. The van der Waals surface area contributed by atoms with Crippen LogP contribution in [0.3, 0.4) is 0 Å². The van der Waals surface area contributed by atoms with Crippen molar-refractivity contribution >= 4 is 34.7 Å². The number of piperidine rings is 1. The van der Waals surface area contributed by atoms with E-state index >= 15 is 0 Å². The van der Waals surface area contributed by atoms with Crippen LogP contribution < -0.4 is 10.6 Å². The minimum Gasteiger partial charge on any atom is -0.384 e. The van der Waals surface area contributed by atoms with Gasteiger partial charge in [-0.1, -0.05) is 23.2 Å². The number of aromatic nitrogens is 2. The number of carbonyl (C=O) groups is 1. The summed E-state index contributed by atoms with van der Waals surface area (Å²) in [5.41, 5.74) is 3.07. The molecule has 8 heteroatoms. The first kappa shape index (κ1) is 22.5. The van der Waals surface area contributed by atoms with E-state index < -0.39 is 0 Å². The number of ketones is 1. The number of pyridine rings is 2. The molecule has 4 rings (SSSR count). The Balaban J connectivity index is 1.49. The molecule has 2 fully saturated rings. The molecule has 0 amide bonds. The highest BCUT2D eigenvalue weighted by atomic mass is 35.5. The molecule has 2 aliphatic heterocycles. The van der Waals surface area contributed by atoms with E-state index in [1.54, 1.807) is 12.4 Å². The van der Waals surface area contributed by atoms with Crippen molar-refractivity contribution in [2.75, 3.05) is 38.2 Å². The number of carbonyl (C=O) groups excluding carboxylic acids is 1. The highest BCUT2D eigenvalue weighted by Crippen LogP contribution is 2.34. The van der Waals surface area contributed by atoms with E-state index in [9.17, 15) is 4.79 Å². The third kappa shape index (κ3) is 5.95. The summed E-state index contributed by atoms with van der Waals surface area (Å²) in [6, 6.07) is 3.83. The molecule has 2 aromatic rings. The van der Waals surface area contributed by atoms with Gasteiger partial charge in [-0.05, 0) is 50.3 Å². The zero-order valence-corrected chi connectivity index (χ0v) is 19.0. The van der Waals surface area contributed by atoms with Crippen LogP contribution in [-0.2, 0) is 16.0 Å². The molecule has 0 saturated carbocycles. The van der Waals surface area contributed by atoms with Gasteiger partial charge in [-0.25, -0.2) is 4.98 Å². The Labute approximate surface area is 193 Å². The summed E-state index contributed by atoms with van der Waals surface area (Å²) in [4.78, 5) is 21.4. The van der Waals surface area contributed by atoms with E-state index in [1.807, 2.05) is 12.1 Å². The highest BCUT2D eigenvalue weighted by Gasteiger charge is 2.22. The quantitative estimate of drug-likeness (QED) is 0.593. The Kier molecular flexibility index (Phi) is 7.77. The summed E-state index contributed by atoms with van der Waals surface area (Å²) in [5.74, 6) is 0.853. The maximum absolute atomic E-state index is 12.7. The summed E-state index contributed by atoms with van der Waals surface area (Å²) in [5, 5.41) is 7.62. The largest absolute Gasteiger partial charge is 0.384 e. The van der Waals surface area contributed by atoms with Crippen molar-refractivity contribution in [1.82, 2.24) is 15.3 Å². The molecule has 31 heavy (non-hydrogen) atoms. The van der Waals surface area contributed by atoms with Gasteiger partial charge < -0.3 is 15.4 Å². The molecule has 0 radical (unpaired) electrons. The molecule has 2 N–H and O–H groups in total. The number of ether oxygens (including phenoxy) is 1. The van der Waals surface area contributed by atoms with Gasteiger partial charge in [0, 0.05) is 61.7 Å². The first-order chi connectivity index (χ1) is 15.1. The second kappa shape index (κ2) is 10.7. The Morgan fingerprint density at radius 3 is 2.74 bits per heavy atom. The lowest BCUT2D eigenvalue weighted by Crippen LogP contribution is -2.35. The fourth-order valence-corrected chi connectivity index (χ4v) is 4.59. The Morgan fingerprint density at radius 1 is 1.13 bits per heavy atom. The standard InChI is InChI=1S/C23H28Cl2N4O2/c24-21-14-28-17(10-22(30)16-2-1-5-26-12-16)8-19(21)20-9-18(13-29-23(20)25)27-11-15-3-6-31-7-4-15/h8-9,13-16,26-27H,1-7,10-12H2/t16-/m1/s1. The molecule has 0 spiro atoms. The van der Waals surface area contributed by atoms with E-state index in [4.69, 9.17) is 27.9 Å². The number of nitrogens with zero attached hydrogens (tertiary/aromatic N) is 2. The van der Waals surface area contributed by atoms with Crippen molar-refractivity contribution in [2.45, 2.75) is 32.1 Å². The smallest absolute Gasteiger partial charge is 0.143 e. The monoisotopic (exact) mass is 462 g/mol. The number of hydrogen-bond donors (Lipinski definition) is 2. The molecule has 0 bridgehead atoms. The van der Waals surface area contributed by atoms with E-state index in [0.29, 0.717) is 28.2 Å². The van der Waals surface area contributed by atoms with Gasteiger partial charge in [0.2, 0.25) is 0 Å². The van der Waals surface area contributed by atoms with E-state index in [1.165, 1.54) is 0 Å².